The van der Waals surface area contributed by atoms with Crippen molar-refractivity contribution in [2.75, 3.05) is 11.9 Å². The molecule has 0 aromatic carbocycles. The second-order valence-corrected chi connectivity index (χ2v) is 7.03. The molecule has 1 heterocycles. The highest BCUT2D eigenvalue weighted by atomic mass is 79.9. The van der Waals surface area contributed by atoms with E-state index in [4.69, 9.17) is 11.6 Å². The Morgan fingerprint density at radius 1 is 1.65 bits per heavy atom. The topological polar surface area (TPSA) is 64.0 Å². The number of nitrogens with one attached hydrogen (secondary N) is 1. The predicted molar refractivity (Wildman–Crippen MR) is 68.9 cm³/mol. The van der Waals surface area contributed by atoms with Gasteiger partial charge in [-0.3, -0.25) is 4.68 Å². The molecule has 0 unspecified atom stereocenters. The van der Waals surface area contributed by atoms with Gasteiger partial charge in [-0.05, 0) is 18.3 Å². The van der Waals surface area contributed by atoms with E-state index in [0.717, 1.165) is 18.2 Å². The van der Waals surface area contributed by atoms with Crippen molar-refractivity contribution in [2.24, 2.45) is 12.5 Å². The number of hydrogen-bond donors (Lipinski definition) is 1. The van der Waals surface area contributed by atoms with E-state index >= 15 is 0 Å². The van der Waals surface area contributed by atoms with E-state index in [1.165, 1.54) is 10.9 Å². The molecule has 5 nitrogen and oxygen atoms in total. The fourth-order valence-corrected chi connectivity index (χ4v) is 4.12. The Bertz CT molecular complexity index is 505. The summed E-state index contributed by atoms with van der Waals surface area (Å²) in [6, 6.07) is 0. The fraction of sp³-hybridized carbons (Fsp3) is 0.667. The van der Waals surface area contributed by atoms with Crippen LogP contribution >= 0.6 is 27.5 Å². The molecule has 0 amide bonds. The number of hydrogen-bond acceptors (Lipinski definition) is 3. The van der Waals surface area contributed by atoms with Gasteiger partial charge in [-0.25, -0.2) is 13.1 Å². The number of rotatable bonds is 5. The van der Waals surface area contributed by atoms with Crippen molar-refractivity contribution < 1.29 is 8.42 Å². The Labute approximate surface area is 114 Å². The number of halogens is 2. The first-order chi connectivity index (χ1) is 7.90. The Morgan fingerprint density at radius 3 is 2.71 bits per heavy atom. The number of sulfonamides is 1. The number of alkyl halides is 1. The van der Waals surface area contributed by atoms with Crippen LogP contribution in [-0.4, -0.2) is 30.1 Å². The van der Waals surface area contributed by atoms with Gasteiger partial charge in [0, 0.05) is 18.9 Å². The Hall–Kier alpha value is -0.110. The van der Waals surface area contributed by atoms with Crippen molar-refractivity contribution >= 4 is 37.6 Å². The molecule has 17 heavy (non-hydrogen) atoms. The lowest BCUT2D eigenvalue weighted by atomic mass is 10.1. The van der Waals surface area contributed by atoms with Gasteiger partial charge in [0.1, 0.15) is 0 Å². The van der Waals surface area contributed by atoms with E-state index in [9.17, 15) is 8.42 Å². The first-order valence-electron chi connectivity index (χ1n) is 5.13. The predicted octanol–water partition coefficient (Wildman–Crippen LogP) is 1.53. The Kier molecular flexibility index (Phi) is 3.55. The normalized spacial score (nSPS) is 18.3. The van der Waals surface area contributed by atoms with Crippen LogP contribution in [0.2, 0.25) is 5.02 Å². The summed E-state index contributed by atoms with van der Waals surface area (Å²) in [5.41, 5.74) is 0.0815. The SMILES string of the molecule is Cn1ncc(Cl)c1S(=O)(=O)NCC1(CBr)CC1. The van der Waals surface area contributed by atoms with E-state index in [1.807, 2.05) is 0 Å². The van der Waals surface area contributed by atoms with Gasteiger partial charge < -0.3 is 0 Å². The molecule has 0 aliphatic heterocycles. The van der Waals surface area contributed by atoms with E-state index < -0.39 is 10.0 Å². The second kappa shape index (κ2) is 4.53. The molecule has 1 aromatic rings. The number of nitrogens with zero attached hydrogens (tertiary/aromatic N) is 2. The minimum atomic E-state index is -3.58. The highest BCUT2D eigenvalue weighted by molar-refractivity contribution is 9.09. The first kappa shape index (κ1) is 13.3. The summed E-state index contributed by atoms with van der Waals surface area (Å²) in [5, 5.41) is 4.79. The summed E-state index contributed by atoms with van der Waals surface area (Å²) in [6.07, 6.45) is 3.41. The number of aromatic nitrogens is 2. The van der Waals surface area contributed by atoms with Crippen LogP contribution in [0.4, 0.5) is 0 Å². The minimum Gasteiger partial charge on any atom is -0.255 e. The van der Waals surface area contributed by atoms with Gasteiger partial charge >= 0.3 is 0 Å². The molecule has 0 atom stereocenters. The van der Waals surface area contributed by atoms with Crippen LogP contribution in [0, 0.1) is 5.41 Å². The van der Waals surface area contributed by atoms with Gasteiger partial charge in [0.25, 0.3) is 10.0 Å². The van der Waals surface area contributed by atoms with Crippen LogP contribution < -0.4 is 4.72 Å². The third kappa shape index (κ3) is 2.67. The van der Waals surface area contributed by atoms with Crippen LogP contribution in [0.5, 0.6) is 0 Å². The molecule has 0 spiro atoms. The molecule has 0 saturated heterocycles. The Balaban J connectivity index is 2.15. The highest BCUT2D eigenvalue weighted by Crippen LogP contribution is 2.46. The van der Waals surface area contributed by atoms with Gasteiger partial charge in [0.15, 0.2) is 5.03 Å². The summed E-state index contributed by atoms with van der Waals surface area (Å²) >= 11 is 9.22. The standard InChI is InChI=1S/C9H13BrClN3O2S/c1-14-8(7(11)4-12-14)17(15,16)13-6-9(5-10)2-3-9/h4,13H,2-3,5-6H2,1H3. The molecular weight excluding hydrogens is 330 g/mol. The highest BCUT2D eigenvalue weighted by Gasteiger charge is 2.42. The van der Waals surface area contributed by atoms with Crippen LogP contribution in [0.1, 0.15) is 12.8 Å². The Morgan fingerprint density at radius 2 is 2.29 bits per heavy atom. The van der Waals surface area contributed by atoms with Gasteiger partial charge in [0.2, 0.25) is 0 Å². The summed E-state index contributed by atoms with van der Waals surface area (Å²) in [7, 11) is -2.03. The molecule has 1 aliphatic carbocycles. The molecule has 1 saturated carbocycles. The monoisotopic (exact) mass is 341 g/mol. The van der Waals surface area contributed by atoms with Crippen molar-refractivity contribution in [3.63, 3.8) is 0 Å². The fourth-order valence-electron chi connectivity index (χ4n) is 1.55. The van der Waals surface area contributed by atoms with Crippen molar-refractivity contribution in [1.29, 1.82) is 0 Å². The van der Waals surface area contributed by atoms with E-state index in [2.05, 4.69) is 25.8 Å². The molecule has 8 heteroatoms. The minimum absolute atomic E-state index is 0.0181. The van der Waals surface area contributed by atoms with Gasteiger partial charge in [-0.15, -0.1) is 0 Å². The lowest BCUT2D eigenvalue weighted by Gasteiger charge is -2.13. The van der Waals surface area contributed by atoms with Crippen LogP contribution in [0.15, 0.2) is 11.2 Å². The van der Waals surface area contributed by atoms with Crippen LogP contribution in [0.25, 0.3) is 0 Å². The van der Waals surface area contributed by atoms with E-state index in [1.54, 1.807) is 7.05 Å². The third-order valence-corrected chi connectivity index (χ3v) is 6.07. The number of aryl methyl sites for hydroxylation is 1. The lowest BCUT2D eigenvalue weighted by molar-refractivity contribution is 0.528. The van der Waals surface area contributed by atoms with Crippen molar-refractivity contribution in [2.45, 2.75) is 17.9 Å². The average molecular weight is 343 g/mol. The van der Waals surface area contributed by atoms with Gasteiger partial charge in [-0.2, -0.15) is 5.10 Å². The summed E-state index contributed by atoms with van der Waals surface area (Å²) in [4.78, 5) is 0. The maximum atomic E-state index is 12.1. The summed E-state index contributed by atoms with van der Waals surface area (Å²) in [6.45, 7) is 0.433. The molecule has 1 N–H and O–H groups in total. The molecule has 96 valence electrons. The zero-order valence-corrected chi connectivity index (χ0v) is 12.4. The average Bonchev–Trinajstić information content (AvgIpc) is 2.97. The van der Waals surface area contributed by atoms with Gasteiger partial charge in [-0.1, -0.05) is 27.5 Å². The van der Waals surface area contributed by atoms with Gasteiger partial charge in [0.05, 0.1) is 11.2 Å². The zero-order valence-electron chi connectivity index (χ0n) is 9.28. The largest absolute Gasteiger partial charge is 0.259 e. The molecular formula is C9H13BrClN3O2S. The summed E-state index contributed by atoms with van der Waals surface area (Å²) in [5.74, 6) is 0. The summed E-state index contributed by atoms with van der Waals surface area (Å²) < 4.78 is 28.0. The lowest BCUT2D eigenvalue weighted by Crippen LogP contribution is -2.32. The zero-order chi connectivity index (χ0) is 12.7. The molecule has 0 bridgehead atoms. The quantitative estimate of drug-likeness (QED) is 0.825. The molecule has 0 radical (unpaired) electrons. The van der Waals surface area contributed by atoms with Crippen molar-refractivity contribution in [3.8, 4) is 0 Å². The van der Waals surface area contributed by atoms with Crippen molar-refractivity contribution in [3.05, 3.63) is 11.2 Å². The smallest absolute Gasteiger partial charge is 0.255 e. The maximum Gasteiger partial charge on any atom is 0.259 e. The molecule has 2 rings (SSSR count). The third-order valence-electron chi connectivity index (χ3n) is 2.97. The first-order valence-corrected chi connectivity index (χ1v) is 8.12. The van der Waals surface area contributed by atoms with Crippen LogP contribution in [0.3, 0.4) is 0 Å². The second-order valence-electron chi connectivity index (χ2n) is 4.38. The maximum absolute atomic E-state index is 12.1. The van der Waals surface area contributed by atoms with E-state index in [-0.39, 0.29) is 15.5 Å². The molecule has 1 aromatic heterocycles. The molecule has 1 fully saturated rings. The van der Waals surface area contributed by atoms with E-state index in [0.29, 0.717) is 6.54 Å². The van der Waals surface area contributed by atoms with Crippen LogP contribution in [-0.2, 0) is 17.1 Å². The van der Waals surface area contributed by atoms with Crippen molar-refractivity contribution in [1.82, 2.24) is 14.5 Å². The molecule has 1 aliphatic rings.